The first-order valence-electron chi connectivity index (χ1n) is 6.87. The zero-order valence-corrected chi connectivity index (χ0v) is 12.6. The number of carbonyl (C=O) groups excluding carboxylic acids is 2. The molecule has 0 aromatic heterocycles. The first-order valence-corrected chi connectivity index (χ1v) is 6.87. The number of halogens is 1. The van der Waals surface area contributed by atoms with Gasteiger partial charge in [0.2, 0.25) is 5.91 Å². The molecule has 0 fully saturated rings. The Morgan fingerprint density at radius 1 is 1.29 bits per heavy atom. The molecule has 0 heterocycles. The van der Waals surface area contributed by atoms with Crippen LogP contribution in [-0.2, 0) is 4.79 Å². The van der Waals surface area contributed by atoms with Gasteiger partial charge in [-0.25, -0.2) is 4.39 Å². The van der Waals surface area contributed by atoms with E-state index in [1.165, 1.54) is 19.2 Å². The molecule has 116 valence electrons. The van der Waals surface area contributed by atoms with Crippen molar-refractivity contribution in [3.63, 3.8) is 0 Å². The summed E-state index contributed by atoms with van der Waals surface area (Å²) in [4.78, 5) is 25.4. The minimum Gasteiger partial charge on any atom is -0.494 e. The zero-order chi connectivity index (χ0) is 15.8. The highest BCUT2D eigenvalue weighted by Crippen LogP contribution is 2.18. The molecule has 0 radical (unpaired) electrons. The second-order valence-corrected chi connectivity index (χ2v) is 4.53. The van der Waals surface area contributed by atoms with Crippen LogP contribution in [0.3, 0.4) is 0 Å². The highest BCUT2D eigenvalue weighted by molar-refractivity contribution is 5.98. The van der Waals surface area contributed by atoms with Crippen molar-refractivity contribution in [1.82, 2.24) is 10.2 Å². The van der Waals surface area contributed by atoms with Crippen molar-refractivity contribution in [1.29, 1.82) is 0 Å². The van der Waals surface area contributed by atoms with Crippen LogP contribution in [0.4, 0.5) is 4.39 Å². The first-order chi connectivity index (χ1) is 10.0. The van der Waals surface area contributed by atoms with Gasteiger partial charge in [0.15, 0.2) is 17.3 Å². The summed E-state index contributed by atoms with van der Waals surface area (Å²) in [5.41, 5.74) is 0.266. The van der Waals surface area contributed by atoms with Crippen molar-refractivity contribution < 1.29 is 18.7 Å². The maximum atomic E-state index is 13.6. The molecule has 0 bridgehead atoms. The number of amides is 1. The molecule has 1 rings (SSSR count). The zero-order valence-electron chi connectivity index (χ0n) is 12.6. The number of ketones is 1. The third-order valence-electron chi connectivity index (χ3n) is 3.03. The fourth-order valence-electron chi connectivity index (χ4n) is 1.87. The van der Waals surface area contributed by atoms with Crippen LogP contribution in [0, 0.1) is 5.82 Å². The van der Waals surface area contributed by atoms with Crippen LogP contribution in [0.1, 0.15) is 24.2 Å². The molecule has 1 amide bonds. The van der Waals surface area contributed by atoms with Gasteiger partial charge in [-0.3, -0.25) is 14.5 Å². The highest BCUT2D eigenvalue weighted by atomic mass is 19.1. The van der Waals surface area contributed by atoms with Gasteiger partial charge in [0.1, 0.15) is 0 Å². The Balaban J connectivity index is 2.69. The van der Waals surface area contributed by atoms with Crippen LogP contribution in [0.15, 0.2) is 18.2 Å². The average molecular weight is 296 g/mol. The monoisotopic (exact) mass is 296 g/mol. The van der Waals surface area contributed by atoms with Gasteiger partial charge in [0.25, 0.3) is 0 Å². The summed E-state index contributed by atoms with van der Waals surface area (Å²) in [6, 6.07) is 4.09. The van der Waals surface area contributed by atoms with Gasteiger partial charge in [-0.15, -0.1) is 0 Å². The van der Waals surface area contributed by atoms with Crippen molar-refractivity contribution in [2.24, 2.45) is 0 Å². The van der Waals surface area contributed by atoms with Crippen LogP contribution in [-0.4, -0.2) is 49.9 Å². The summed E-state index contributed by atoms with van der Waals surface area (Å²) in [6.07, 6.45) is 0. The number of nitrogens with zero attached hydrogens (tertiary/aromatic N) is 1. The highest BCUT2D eigenvalue weighted by Gasteiger charge is 2.15. The van der Waals surface area contributed by atoms with E-state index in [2.05, 4.69) is 5.32 Å². The number of ether oxygens (including phenoxy) is 1. The first kappa shape index (κ1) is 17.1. The summed E-state index contributed by atoms with van der Waals surface area (Å²) in [5, 5.41) is 2.68. The third kappa shape index (κ3) is 5.15. The van der Waals surface area contributed by atoms with Crippen molar-refractivity contribution in [3.05, 3.63) is 29.6 Å². The minimum atomic E-state index is -0.574. The molecule has 1 aromatic rings. The van der Waals surface area contributed by atoms with Gasteiger partial charge < -0.3 is 10.1 Å². The Labute approximate surface area is 124 Å². The lowest BCUT2D eigenvalue weighted by molar-refractivity contribution is -0.121. The predicted molar refractivity (Wildman–Crippen MR) is 78.1 cm³/mol. The summed E-state index contributed by atoms with van der Waals surface area (Å²) in [5.74, 6) is -0.841. The fourth-order valence-corrected chi connectivity index (χ4v) is 1.87. The maximum absolute atomic E-state index is 13.6. The van der Waals surface area contributed by atoms with Crippen molar-refractivity contribution in [3.8, 4) is 5.75 Å². The minimum absolute atomic E-state index is 0.0689. The molecular weight excluding hydrogens is 275 g/mol. The van der Waals surface area contributed by atoms with E-state index in [1.54, 1.807) is 4.90 Å². The number of methoxy groups -OCH3 is 1. The molecule has 6 heteroatoms. The van der Waals surface area contributed by atoms with Crippen LogP contribution >= 0.6 is 0 Å². The second kappa shape index (κ2) is 8.36. The number of carbonyl (C=O) groups is 2. The number of rotatable bonds is 8. The van der Waals surface area contributed by atoms with Crippen LogP contribution in [0.25, 0.3) is 0 Å². The molecule has 0 aliphatic rings. The Bertz CT molecular complexity index is 506. The third-order valence-corrected chi connectivity index (χ3v) is 3.03. The summed E-state index contributed by atoms with van der Waals surface area (Å²) in [6.45, 7) is 5.02. The van der Waals surface area contributed by atoms with E-state index in [0.717, 1.165) is 6.07 Å². The van der Waals surface area contributed by atoms with Gasteiger partial charge in [0, 0.05) is 12.1 Å². The lowest BCUT2D eigenvalue weighted by Crippen LogP contribution is -2.39. The number of hydrogen-bond donors (Lipinski definition) is 1. The molecule has 0 saturated heterocycles. The second-order valence-electron chi connectivity index (χ2n) is 4.53. The van der Waals surface area contributed by atoms with Crippen LogP contribution < -0.4 is 10.1 Å². The van der Waals surface area contributed by atoms with Crippen molar-refractivity contribution in [2.75, 3.05) is 33.3 Å². The number of likely N-dealkylation sites (N-methyl/N-ethyl adjacent to an activating group) is 2. The smallest absolute Gasteiger partial charge is 0.234 e. The Kier molecular flexibility index (Phi) is 6.81. The fraction of sp³-hybridized carbons (Fsp3) is 0.467. The molecule has 0 saturated carbocycles. The lowest BCUT2D eigenvalue weighted by Gasteiger charge is -2.18. The topological polar surface area (TPSA) is 58.6 Å². The van der Waals surface area contributed by atoms with Gasteiger partial charge in [0.05, 0.1) is 20.2 Å². The molecular formula is C15H21FN2O3. The quantitative estimate of drug-likeness (QED) is 0.738. The Morgan fingerprint density at radius 2 is 2.00 bits per heavy atom. The van der Waals surface area contributed by atoms with Gasteiger partial charge in [-0.1, -0.05) is 6.92 Å². The van der Waals surface area contributed by atoms with E-state index in [4.69, 9.17) is 4.74 Å². The van der Waals surface area contributed by atoms with E-state index in [9.17, 15) is 14.0 Å². The van der Waals surface area contributed by atoms with E-state index < -0.39 is 5.82 Å². The number of nitrogens with one attached hydrogen (secondary N) is 1. The van der Waals surface area contributed by atoms with Crippen molar-refractivity contribution in [2.45, 2.75) is 13.8 Å². The molecule has 21 heavy (non-hydrogen) atoms. The van der Waals surface area contributed by atoms with Gasteiger partial charge in [-0.2, -0.15) is 0 Å². The summed E-state index contributed by atoms with van der Waals surface area (Å²) in [7, 11) is 1.37. The molecule has 0 unspecified atom stereocenters. The Morgan fingerprint density at radius 3 is 2.52 bits per heavy atom. The normalized spacial score (nSPS) is 10.5. The molecule has 1 aromatic carbocycles. The number of benzene rings is 1. The van der Waals surface area contributed by atoms with Gasteiger partial charge >= 0.3 is 0 Å². The lowest BCUT2D eigenvalue weighted by atomic mass is 10.1. The van der Waals surface area contributed by atoms with E-state index >= 15 is 0 Å². The SMILES string of the molecule is CCNC(=O)CN(CC)CC(=O)c1ccc(OC)c(F)c1. The number of hydrogen-bond acceptors (Lipinski definition) is 4. The van der Waals surface area contributed by atoms with E-state index in [0.29, 0.717) is 13.1 Å². The van der Waals surface area contributed by atoms with Crippen LogP contribution in [0.2, 0.25) is 0 Å². The van der Waals surface area contributed by atoms with Gasteiger partial charge in [-0.05, 0) is 31.7 Å². The average Bonchev–Trinajstić information content (AvgIpc) is 2.46. The molecule has 0 aliphatic carbocycles. The van der Waals surface area contributed by atoms with E-state index in [-0.39, 0.29) is 36.1 Å². The summed E-state index contributed by atoms with van der Waals surface area (Å²) < 4.78 is 18.4. The van der Waals surface area contributed by atoms with E-state index in [1.807, 2.05) is 13.8 Å². The molecule has 5 nitrogen and oxygen atoms in total. The number of Topliss-reactive ketones (excluding diaryl/α,β-unsaturated/α-hetero) is 1. The molecule has 0 atom stereocenters. The summed E-state index contributed by atoms with van der Waals surface area (Å²) >= 11 is 0. The largest absolute Gasteiger partial charge is 0.494 e. The maximum Gasteiger partial charge on any atom is 0.234 e. The molecule has 0 spiro atoms. The predicted octanol–water partition coefficient (Wildman–Crippen LogP) is 1.47. The van der Waals surface area contributed by atoms with Crippen LogP contribution in [0.5, 0.6) is 5.75 Å². The Hall–Kier alpha value is -1.95. The van der Waals surface area contributed by atoms with Crippen molar-refractivity contribution >= 4 is 11.7 Å². The molecule has 0 aliphatic heterocycles. The standard InChI is InChI=1S/C15H21FN2O3/c1-4-17-15(20)10-18(5-2)9-13(19)11-6-7-14(21-3)12(16)8-11/h6-8H,4-5,9-10H2,1-3H3,(H,17,20). The molecule has 1 N–H and O–H groups in total.